The Bertz CT molecular complexity index is 561. The fraction of sp³-hybridized carbons (Fsp3) is 0.533. The number of thiophene rings is 1. The van der Waals surface area contributed by atoms with Crippen LogP contribution in [0.15, 0.2) is 12.1 Å². The number of hydrogen-bond donors (Lipinski definition) is 1. The van der Waals surface area contributed by atoms with Crippen molar-refractivity contribution in [2.45, 2.75) is 45.1 Å². The van der Waals surface area contributed by atoms with Crippen molar-refractivity contribution >= 4 is 11.3 Å². The summed E-state index contributed by atoms with van der Waals surface area (Å²) in [5.41, 5.74) is 3.57. The minimum atomic E-state index is -0.398. The number of aliphatic hydroxyl groups excluding tert-OH is 1. The number of aliphatic hydroxyl groups is 1. The minimum Gasteiger partial charge on any atom is -0.387 e. The van der Waals surface area contributed by atoms with E-state index in [0.717, 1.165) is 16.3 Å². The van der Waals surface area contributed by atoms with Gasteiger partial charge in [-0.15, -0.1) is 11.3 Å². The van der Waals surface area contributed by atoms with Crippen molar-refractivity contribution < 1.29 is 5.11 Å². The lowest BCUT2D eigenvalue weighted by Gasteiger charge is -2.08. The predicted octanol–water partition coefficient (Wildman–Crippen LogP) is 2.94. The summed E-state index contributed by atoms with van der Waals surface area (Å²) in [7, 11) is 1.94. The maximum atomic E-state index is 10.4. The fourth-order valence-electron chi connectivity index (χ4n) is 2.83. The van der Waals surface area contributed by atoms with Crippen LogP contribution in [0.5, 0.6) is 0 Å². The van der Waals surface area contributed by atoms with E-state index in [4.69, 9.17) is 0 Å². The van der Waals surface area contributed by atoms with Gasteiger partial charge in [-0.3, -0.25) is 4.68 Å². The molecule has 0 saturated heterocycles. The van der Waals surface area contributed by atoms with Gasteiger partial charge in [0.1, 0.15) is 0 Å². The van der Waals surface area contributed by atoms with E-state index >= 15 is 0 Å². The molecule has 1 unspecified atom stereocenters. The van der Waals surface area contributed by atoms with Crippen molar-refractivity contribution in [2.24, 2.45) is 7.05 Å². The van der Waals surface area contributed by atoms with Crippen molar-refractivity contribution in [1.29, 1.82) is 0 Å². The first-order valence-corrected chi connectivity index (χ1v) is 7.74. The maximum Gasteiger partial charge on any atom is 0.0937 e. The lowest BCUT2D eigenvalue weighted by Crippen LogP contribution is -2.05. The molecule has 0 aliphatic heterocycles. The summed E-state index contributed by atoms with van der Waals surface area (Å²) in [4.78, 5) is 2.60. The van der Waals surface area contributed by atoms with Crippen LogP contribution in [0.3, 0.4) is 0 Å². The molecule has 0 spiro atoms. The summed E-state index contributed by atoms with van der Waals surface area (Å²) >= 11 is 1.80. The van der Waals surface area contributed by atoms with Crippen LogP contribution in [0.1, 0.15) is 45.7 Å². The summed E-state index contributed by atoms with van der Waals surface area (Å²) in [5.74, 6) is 0. The van der Waals surface area contributed by atoms with Gasteiger partial charge in [0, 0.05) is 28.9 Å². The smallest absolute Gasteiger partial charge is 0.0937 e. The highest BCUT2D eigenvalue weighted by Crippen LogP contribution is 2.33. The van der Waals surface area contributed by atoms with Gasteiger partial charge in [0.15, 0.2) is 0 Å². The molecule has 1 aliphatic rings. The Labute approximate surface area is 117 Å². The standard InChI is InChI=1S/C15H20N2OS/c1-10-7-12(17(2)16-10)9-13(18)15-8-11-5-3-4-6-14(11)19-15/h7-8,13,18H,3-6,9H2,1-2H3. The second kappa shape index (κ2) is 5.10. The van der Waals surface area contributed by atoms with Crippen LogP contribution in [0.25, 0.3) is 0 Å². The molecule has 2 heterocycles. The van der Waals surface area contributed by atoms with Crippen molar-refractivity contribution in [3.8, 4) is 0 Å². The first kappa shape index (κ1) is 12.9. The molecule has 1 N–H and O–H groups in total. The Morgan fingerprint density at radius 1 is 1.37 bits per heavy atom. The molecule has 0 saturated carbocycles. The molecule has 2 aromatic rings. The quantitative estimate of drug-likeness (QED) is 0.936. The maximum absolute atomic E-state index is 10.4. The normalized spacial score (nSPS) is 16.4. The molecule has 1 aliphatic carbocycles. The molecule has 0 radical (unpaired) electrons. The van der Waals surface area contributed by atoms with Crippen LogP contribution in [0.4, 0.5) is 0 Å². The van der Waals surface area contributed by atoms with Crippen LogP contribution in [-0.4, -0.2) is 14.9 Å². The van der Waals surface area contributed by atoms with E-state index < -0.39 is 6.10 Å². The summed E-state index contributed by atoms with van der Waals surface area (Å²) in [5, 5.41) is 14.8. The summed E-state index contributed by atoms with van der Waals surface area (Å²) in [6.07, 6.45) is 5.22. The summed E-state index contributed by atoms with van der Waals surface area (Å²) in [6.45, 7) is 1.99. The Hall–Kier alpha value is -1.13. The number of aryl methyl sites for hydroxylation is 4. The van der Waals surface area contributed by atoms with Gasteiger partial charge in [-0.1, -0.05) is 0 Å². The number of hydrogen-bond acceptors (Lipinski definition) is 3. The minimum absolute atomic E-state index is 0.398. The van der Waals surface area contributed by atoms with Gasteiger partial charge in [0.2, 0.25) is 0 Å². The topological polar surface area (TPSA) is 38.0 Å². The highest BCUT2D eigenvalue weighted by molar-refractivity contribution is 7.12. The van der Waals surface area contributed by atoms with Crippen LogP contribution < -0.4 is 0 Å². The molecule has 3 nitrogen and oxygen atoms in total. The average molecular weight is 276 g/mol. The van der Waals surface area contributed by atoms with Gasteiger partial charge >= 0.3 is 0 Å². The zero-order valence-corrected chi connectivity index (χ0v) is 12.3. The molecule has 0 amide bonds. The van der Waals surface area contributed by atoms with Crippen LogP contribution >= 0.6 is 11.3 Å². The van der Waals surface area contributed by atoms with E-state index in [1.807, 2.05) is 18.7 Å². The van der Waals surface area contributed by atoms with E-state index in [1.165, 1.54) is 36.1 Å². The monoisotopic (exact) mass is 276 g/mol. The van der Waals surface area contributed by atoms with Crippen LogP contribution in [0, 0.1) is 6.92 Å². The second-order valence-electron chi connectivity index (χ2n) is 5.42. The molecular formula is C15H20N2OS. The largest absolute Gasteiger partial charge is 0.387 e. The highest BCUT2D eigenvalue weighted by Gasteiger charge is 2.19. The third-order valence-corrected chi connectivity index (χ3v) is 5.18. The zero-order valence-electron chi connectivity index (χ0n) is 11.5. The van der Waals surface area contributed by atoms with Gasteiger partial charge in [-0.25, -0.2) is 0 Å². The van der Waals surface area contributed by atoms with Gasteiger partial charge in [-0.05, 0) is 50.3 Å². The van der Waals surface area contributed by atoms with Crippen molar-refractivity contribution in [3.63, 3.8) is 0 Å². The third-order valence-electron chi connectivity index (χ3n) is 3.85. The van der Waals surface area contributed by atoms with Crippen molar-refractivity contribution in [2.75, 3.05) is 0 Å². The third kappa shape index (κ3) is 2.60. The molecule has 0 fully saturated rings. The Kier molecular flexibility index (Phi) is 3.46. The molecule has 4 heteroatoms. The lowest BCUT2D eigenvalue weighted by atomic mass is 9.98. The molecule has 0 bridgehead atoms. The summed E-state index contributed by atoms with van der Waals surface area (Å²) in [6, 6.07) is 4.27. The van der Waals surface area contributed by atoms with Gasteiger partial charge in [-0.2, -0.15) is 5.10 Å². The van der Waals surface area contributed by atoms with E-state index in [0.29, 0.717) is 6.42 Å². The second-order valence-corrected chi connectivity index (χ2v) is 6.59. The average Bonchev–Trinajstić information content (AvgIpc) is 2.93. The first-order chi connectivity index (χ1) is 9.13. The Balaban J connectivity index is 1.78. The summed E-state index contributed by atoms with van der Waals surface area (Å²) < 4.78 is 1.87. The van der Waals surface area contributed by atoms with E-state index in [9.17, 15) is 5.11 Å². The number of fused-ring (bicyclic) bond motifs is 1. The number of nitrogens with zero attached hydrogens (tertiary/aromatic N) is 2. The van der Waals surface area contributed by atoms with Gasteiger partial charge in [0.05, 0.1) is 11.8 Å². The molecule has 3 rings (SSSR count). The molecule has 19 heavy (non-hydrogen) atoms. The molecule has 2 aromatic heterocycles. The lowest BCUT2D eigenvalue weighted by molar-refractivity contribution is 0.179. The molecule has 0 aromatic carbocycles. The molecular weight excluding hydrogens is 256 g/mol. The zero-order chi connectivity index (χ0) is 13.4. The predicted molar refractivity (Wildman–Crippen MR) is 77.6 cm³/mol. The van der Waals surface area contributed by atoms with Crippen molar-refractivity contribution in [1.82, 2.24) is 9.78 Å². The van der Waals surface area contributed by atoms with E-state index in [1.54, 1.807) is 11.3 Å². The van der Waals surface area contributed by atoms with Crippen molar-refractivity contribution in [3.05, 3.63) is 38.8 Å². The SMILES string of the molecule is Cc1cc(CC(O)c2cc3c(s2)CCCC3)n(C)n1. The fourth-order valence-corrected chi connectivity index (χ4v) is 4.08. The van der Waals surface area contributed by atoms with E-state index in [2.05, 4.69) is 17.2 Å². The number of rotatable bonds is 3. The Morgan fingerprint density at radius 2 is 2.16 bits per heavy atom. The molecule has 102 valence electrons. The highest BCUT2D eigenvalue weighted by atomic mass is 32.1. The van der Waals surface area contributed by atoms with Crippen LogP contribution in [0.2, 0.25) is 0 Å². The van der Waals surface area contributed by atoms with Gasteiger partial charge in [0.25, 0.3) is 0 Å². The molecule has 1 atom stereocenters. The van der Waals surface area contributed by atoms with Gasteiger partial charge < -0.3 is 5.11 Å². The van der Waals surface area contributed by atoms with Crippen LogP contribution in [-0.2, 0) is 26.3 Å². The number of aromatic nitrogens is 2. The Morgan fingerprint density at radius 3 is 2.84 bits per heavy atom. The van der Waals surface area contributed by atoms with E-state index in [-0.39, 0.29) is 0 Å². The first-order valence-electron chi connectivity index (χ1n) is 6.92.